The van der Waals surface area contributed by atoms with Crippen molar-refractivity contribution >= 4 is 34.9 Å². The molecular formula is C23H25N5O2S. The van der Waals surface area contributed by atoms with Crippen LogP contribution < -0.4 is 19.9 Å². The first-order valence-corrected chi connectivity index (χ1v) is 11.1. The highest BCUT2D eigenvalue weighted by molar-refractivity contribution is 8.00. The third-order valence-electron chi connectivity index (χ3n) is 5.04. The van der Waals surface area contributed by atoms with E-state index in [-0.39, 0.29) is 11.7 Å². The number of carbonyl (C=O) groups is 1. The molecule has 3 aromatic rings. The fraction of sp³-hybridized carbons (Fsp3) is 0.261. The second kappa shape index (κ2) is 10.2. The van der Waals surface area contributed by atoms with E-state index in [0.29, 0.717) is 11.4 Å². The van der Waals surface area contributed by atoms with Crippen molar-refractivity contribution in [1.82, 2.24) is 9.97 Å². The first-order chi connectivity index (χ1) is 15.2. The monoisotopic (exact) mass is 435 g/mol. The van der Waals surface area contributed by atoms with Crippen molar-refractivity contribution < 1.29 is 9.53 Å². The van der Waals surface area contributed by atoms with Gasteiger partial charge in [0, 0.05) is 56.0 Å². The van der Waals surface area contributed by atoms with Crippen LogP contribution in [0.15, 0.2) is 72.0 Å². The number of nitrogens with zero attached hydrogens (tertiary/aromatic N) is 4. The highest BCUT2D eigenvalue weighted by atomic mass is 32.2. The minimum atomic E-state index is -0.0937. The summed E-state index contributed by atoms with van der Waals surface area (Å²) in [4.78, 5) is 26.1. The number of piperazine rings is 1. The second-order valence-electron chi connectivity index (χ2n) is 7.06. The maximum atomic E-state index is 12.4. The number of methoxy groups -OCH3 is 1. The van der Waals surface area contributed by atoms with E-state index in [1.165, 1.54) is 17.4 Å². The third-order valence-corrected chi connectivity index (χ3v) is 6.01. The summed E-state index contributed by atoms with van der Waals surface area (Å²) in [5, 5.41) is 3.68. The summed E-state index contributed by atoms with van der Waals surface area (Å²) in [5.74, 6) is 1.71. The summed E-state index contributed by atoms with van der Waals surface area (Å²) < 4.78 is 5.20. The summed E-state index contributed by atoms with van der Waals surface area (Å²) >= 11 is 1.40. The highest BCUT2D eigenvalue weighted by Gasteiger charge is 2.21. The number of para-hydroxylation sites is 1. The maximum absolute atomic E-state index is 12.4. The molecule has 4 rings (SSSR count). The van der Waals surface area contributed by atoms with E-state index in [1.54, 1.807) is 25.6 Å². The number of thioether (sulfide) groups is 1. The number of hydrogen-bond donors (Lipinski definition) is 1. The second-order valence-corrected chi connectivity index (χ2v) is 8.03. The Morgan fingerprint density at radius 2 is 1.74 bits per heavy atom. The summed E-state index contributed by atoms with van der Waals surface area (Å²) in [7, 11) is 1.60. The smallest absolute Gasteiger partial charge is 0.234 e. The van der Waals surface area contributed by atoms with E-state index >= 15 is 0 Å². The van der Waals surface area contributed by atoms with Gasteiger partial charge in [-0.25, -0.2) is 9.97 Å². The van der Waals surface area contributed by atoms with Gasteiger partial charge in [-0.1, -0.05) is 36.0 Å². The van der Waals surface area contributed by atoms with Gasteiger partial charge in [0.1, 0.15) is 10.8 Å². The van der Waals surface area contributed by atoms with Crippen LogP contribution in [-0.4, -0.2) is 54.9 Å². The average molecular weight is 436 g/mol. The molecule has 1 aliphatic heterocycles. The Hall–Kier alpha value is -3.26. The predicted molar refractivity (Wildman–Crippen MR) is 125 cm³/mol. The molecule has 1 N–H and O–H groups in total. The molecule has 1 aromatic heterocycles. The number of aromatic nitrogens is 2. The number of ether oxygens (including phenoxy) is 1. The Kier molecular flexibility index (Phi) is 6.89. The fourth-order valence-electron chi connectivity index (χ4n) is 3.48. The van der Waals surface area contributed by atoms with Crippen LogP contribution in [-0.2, 0) is 4.79 Å². The molecule has 0 radical (unpaired) electrons. The minimum absolute atomic E-state index is 0.0937. The zero-order chi connectivity index (χ0) is 21.5. The van der Waals surface area contributed by atoms with Gasteiger partial charge in [0.2, 0.25) is 5.91 Å². The van der Waals surface area contributed by atoms with E-state index in [0.717, 1.165) is 37.0 Å². The molecule has 0 bridgehead atoms. The van der Waals surface area contributed by atoms with Gasteiger partial charge in [0.05, 0.1) is 12.9 Å². The van der Waals surface area contributed by atoms with Crippen LogP contribution in [0.2, 0.25) is 0 Å². The van der Waals surface area contributed by atoms with E-state index in [4.69, 9.17) is 4.74 Å². The largest absolute Gasteiger partial charge is 0.497 e. The van der Waals surface area contributed by atoms with Crippen molar-refractivity contribution in [3.05, 3.63) is 67.0 Å². The summed E-state index contributed by atoms with van der Waals surface area (Å²) in [5.41, 5.74) is 1.95. The molecule has 2 aromatic carbocycles. The molecule has 0 spiro atoms. The van der Waals surface area contributed by atoms with Crippen molar-refractivity contribution in [2.45, 2.75) is 5.03 Å². The molecule has 0 saturated carbocycles. The van der Waals surface area contributed by atoms with Crippen LogP contribution in [0, 0.1) is 0 Å². The SMILES string of the molecule is COc1cccc(NC(=O)CSc2nccnc2N2CCN(c3ccccc3)CC2)c1. The predicted octanol–water partition coefficient (Wildman–Crippen LogP) is 3.54. The van der Waals surface area contributed by atoms with Crippen molar-refractivity contribution in [1.29, 1.82) is 0 Å². The molecule has 2 heterocycles. The zero-order valence-corrected chi connectivity index (χ0v) is 18.2. The van der Waals surface area contributed by atoms with Gasteiger partial charge in [-0.15, -0.1) is 0 Å². The topological polar surface area (TPSA) is 70.6 Å². The van der Waals surface area contributed by atoms with Crippen molar-refractivity contribution in [2.24, 2.45) is 0 Å². The number of hydrogen-bond acceptors (Lipinski definition) is 7. The van der Waals surface area contributed by atoms with E-state index in [9.17, 15) is 4.79 Å². The molecule has 0 atom stereocenters. The Labute approximate surface area is 186 Å². The Morgan fingerprint density at radius 1 is 1.00 bits per heavy atom. The lowest BCUT2D eigenvalue weighted by Gasteiger charge is -2.37. The van der Waals surface area contributed by atoms with Crippen LogP contribution in [0.5, 0.6) is 5.75 Å². The molecule has 1 saturated heterocycles. The minimum Gasteiger partial charge on any atom is -0.497 e. The number of benzene rings is 2. The molecule has 31 heavy (non-hydrogen) atoms. The molecule has 8 heteroatoms. The van der Waals surface area contributed by atoms with E-state index < -0.39 is 0 Å². The highest BCUT2D eigenvalue weighted by Crippen LogP contribution is 2.28. The number of anilines is 3. The first kappa shape index (κ1) is 21.0. The van der Waals surface area contributed by atoms with Crippen molar-refractivity contribution in [3.63, 3.8) is 0 Å². The Bertz CT molecular complexity index is 1010. The standard InChI is InChI=1S/C23H25N5O2S/c1-30-20-9-5-6-18(16-20)26-21(29)17-31-23-22(24-10-11-25-23)28-14-12-27(13-15-28)19-7-3-2-4-8-19/h2-11,16H,12-15,17H2,1H3,(H,26,29). The normalized spacial score (nSPS) is 13.7. The first-order valence-electron chi connectivity index (χ1n) is 10.2. The molecule has 160 valence electrons. The Morgan fingerprint density at radius 3 is 2.52 bits per heavy atom. The lowest BCUT2D eigenvalue weighted by Crippen LogP contribution is -2.47. The van der Waals surface area contributed by atoms with Crippen LogP contribution in [0.1, 0.15) is 0 Å². The summed E-state index contributed by atoms with van der Waals surface area (Å²) in [6.45, 7) is 3.55. The van der Waals surface area contributed by atoms with Gasteiger partial charge < -0.3 is 19.9 Å². The lowest BCUT2D eigenvalue weighted by atomic mass is 10.2. The van der Waals surface area contributed by atoms with Gasteiger partial charge in [0.15, 0.2) is 5.82 Å². The number of nitrogens with one attached hydrogen (secondary N) is 1. The zero-order valence-electron chi connectivity index (χ0n) is 17.4. The van der Waals surface area contributed by atoms with Crippen LogP contribution in [0.4, 0.5) is 17.2 Å². The molecule has 0 unspecified atom stereocenters. The quantitative estimate of drug-likeness (QED) is 0.569. The van der Waals surface area contributed by atoms with Crippen LogP contribution >= 0.6 is 11.8 Å². The maximum Gasteiger partial charge on any atom is 0.234 e. The lowest BCUT2D eigenvalue weighted by molar-refractivity contribution is -0.113. The van der Waals surface area contributed by atoms with Gasteiger partial charge >= 0.3 is 0 Å². The van der Waals surface area contributed by atoms with Gasteiger partial charge in [-0.2, -0.15) is 0 Å². The van der Waals surface area contributed by atoms with Crippen molar-refractivity contribution in [3.8, 4) is 5.75 Å². The molecule has 1 aliphatic rings. The molecule has 0 aliphatic carbocycles. The van der Waals surface area contributed by atoms with Crippen LogP contribution in [0.3, 0.4) is 0 Å². The Balaban J connectivity index is 1.35. The average Bonchev–Trinajstić information content (AvgIpc) is 2.84. The van der Waals surface area contributed by atoms with Crippen LogP contribution in [0.25, 0.3) is 0 Å². The number of amides is 1. The van der Waals surface area contributed by atoms with Gasteiger partial charge in [-0.05, 0) is 24.3 Å². The molecular weight excluding hydrogens is 410 g/mol. The van der Waals surface area contributed by atoms with E-state index in [2.05, 4.69) is 49.4 Å². The molecule has 1 amide bonds. The molecule has 7 nitrogen and oxygen atoms in total. The van der Waals surface area contributed by atoms with Gasteiger partial charge in [-0.3, -0.25) is 4.79 Å². The number of carbonyl (C=O) groups excluding carboxylic acids is 1. The molecule has 1 fully saturated rings. The number of rotatable bonds is 7. The third kappa shape index (κ3) is 5.46. The summed E-state index contributed by atoms with van der Waals surface area (Å²) in [6.07, 6.45) is 3.38. The summed E-state index contributed by atoms with van der Waals surface area (Å²) in [6, 6.07) is 17.8. The van der Waals surface area contributed by atoms with Gasteiger partial charge in [0.25, 0.3) is 0 Å². The van der Waals surface area contributed by atoms with E-state index in [1.807, 2.05) is 24.3 Å². The van der Waals surface area contributed by atoms with Crippen molar-refractivity contribution in [2.75, 3.05) is 54.2 Å². The fourth-order valence-corrected chi connectivity index (χ4v) is 4.27.